The first kappa shape index (κ1) is 15.7. The number of hydrogen-bond donors (Lipinski definition) is 0. The molecule has 1 atom stereocenters. The highest BCUT2D eigenvalue weighted by Crippen LogP contribution is 2.16. The number of likely N-dealkylation sites (tertiary alicyclic amines) is 1. The number of amides is 1. The molecule has 0 unspecified atom stereocenters. The van der Waals surface area contributed by atoms with Gasteiger partial charge in [-0.15, -0.1) is 5.10 Å². The SMILES string of the molecule is CCO[C@H]1CCCN(C(=O)c2cn(-c3ccc(C)cc3)nn2)C1. The lowest BCUT2D eigenvalue weighted by molar-refractivity contribution is 0.00703. The Morgan fingerprint density at radius 2 is 2.13 bits per heavy atom. The van der Waals surface area contributed by atoms with Gasteiger partial charge in [-0.25, -0.2) is 4.68 Å². The van der Waals surface area contributed by atoms with Crippen molar-refractivity contribution in [3.8, 4) is 5.69 Å². The molecule has 0 aliphatic carbocycles. The third kappa shape index (κ3) is 3.59. The fourth-order valence-electron chi connectivity index (χ4n) is 2.84. The summed E-state index contributed by atoms with van der Waals surface area (Å²) in [5.41, 5.74) is 2.45. The number of nitrogens with zero attached hydrogens (tertiary/aromatic N) is 4. The third-order valence-electron chi connectivity index (χ3n) is 4.08. The maximum atomic E-state index is 12.6. The maximum absolute atomic E-state index is 12.6. The maximum Gasteiger partial charge on any atom is 0.276 e. The second kappa shape index (κ2) is 6.91. The van der Waals surface area contributed by atoms with Crippen LogP contribution < -0.4 is 0 Å². The van der Waals surface area contributed by atoms with Gasteiger partial charge in [0.1, 0.15) is 0 Å². The lowest BCUT2D eigenvalue weighted by atomic mass is 10.1. The molecule has 1 aliphatic rings. The summed E-state index contributed by atoms with van der Waals surface area (Å²) in [6.07, 6.45) is 3.79. The highest BCUT2D eigenvalue weighted by Gasteiger charge is 2.26. The molecule has 0 spiro atoms. The molecule has 2 heterocycles. The molecule has 2 aromatic rings. The predicted octanol–water partition coefficient (Wildman–Crippen LogP) is 2.22. The van der Waals surface area contributed by atoms with Crippen LogP contribution in [0.3, 0.4) is 0 Å². The van der Waals surface area contributed by atoms with Crippen LogP contribution in [0.2, 0.25) is 0 Å². The zero-order valence-electron chi connectivity index (χ0n) is 13.6. The second-order valence-corrected chi connectivity index (χ2v) is 5.85. The molecule has 6 nitrogen and oxygen atoms in total. The van der Waals surface area contributed by atoms with Crippen LogP contribution in [-0.2, 0) is 4.74 Å². The van der Waals surface area contributed by atoms with Gasteiger partial charge in [-0.1, -0.05) is 22.9 Å². The fourth-order valence-corrected chi connectivity index (χ4v) is 2.84. The van der Waals surface area contributed by atoms with Crippen LogP contribution in [0.15, 0.2) is 30.5 Å². The van der Waals surface area contributed by atoms with Gasteiger partial charge in [0, 0.05) is 19.7 Å². The van der Waals surface area contributed by atoms with E-state index < -0.39 is 0 Å². The molecule has 23 heavy (non-hydrogen) atoms. The molecule has 1 saturated heterocycles. The first-order valence-electron chi connectivity index (χ1n) is 8.07. The number of aryl methyl sites for hydroxylation is 1. The summed E-state index contributed by atoms with van der Waals surface area (Å²) in [5.74, 6) is -0.0761. The standard InChI is InChI=1S/C17H22N4O2/c1-3-23-15-5-4-10-20(11-15)17(22)16-12-21(19-18-16)14-8-6-13(2)7-9-14/h6-9,12,15H,3-5,10-11H2,1-2H3/t15-/m0/s1. The van der Waals surface area contributed by atoms with Gasteiger partial charge < -0.3 is 9.64 Å². The van der Waals surface area contributed by atoms with E-state index in [2.05, 4.69) is 10.3 Å². The molecular formula is C17H22N4O2. The van der Waals surface area contributed by atoms with Crippen molar-refractivity contribution in [1.29, 1.82) is 0 Å². The Labute approximate surface area is 136 Å². The fraction of sp³-hybridized carbons (Fsp3) is 0.471. The Hall–Kier alpha value is -2.21. The first-order valence-corrected chi connectivity index (χ1v) is 8.07. The largest absolute Gasteiger partial charge is 0.377 e. The van der Waals surface area contributed by atoms with Gasteiger partial charge in [0.15, 0.2) is 5.69 Å². The summed E-state index contributed by atoms with van der Waals surface area (Å²) in [6.45, 7) is 6.07. The molecule has 1 aromatic carbocycles. The smallest absolute Gasteiger partial charge is 0.276 e. The summed E-state index contributed by atoms with van der Waals surface area (Å²) < 4.78 is 7.29. The van der Waals surface area contributed by atoms with E-state index >= 15 is 0 Å². The van der Waals surface area contributed by atoms with Crippen molar-refractivity contribution in [2.45, 2.75) is 32.8 Å². The molecule has 6 heteroatoms. The Balaban J connectivity index is 1.72. The molecule has 1 aromatic heterocycles. The molecule has 0 bridgehead atoms. The number of hydrogen-bond acceptors (Lipinski definition) is 4. The van der Waals surface area contributed by atoms with Gasteiger partial charge in [0.2, 0.25) is 0 Å². The van der Waals surface area contributed by atoms with Crippen molar-refractivity contribution in [3.63, 3.8) is 0 Å². The van der Waals surface area contributed by atoms with E-state index in [-0.39, 0.29) is 12.0 Å². The average molecular weight is 314 g/mol. The van der Waals surface area contributed by atoms with E-state index in [9.17, 15) is 4.79 Å². The van der Waals surface area contributed by atoms with E-state index in [1.807, 2.05) is 43.0 Å². The van der Waals surface area contributed by atoms with Crippen LogP contribution in [0, 0.1) is 6.92 Å². The zero-order chi connectivity index (χ0) is 16.2. The highest BCUT2D eigenvalue weighted by atomic mass is 16.5. The molecular weight excluding hydrogens is 292 g/mol. The van der Waals surface area contributed by atoms with Crippen molar-refractivity contribution < 1.29 is 9.53 Å². The molecule has 1 amide bonds. The number of piperidine rings is 1. The number of aromatic nitrogens is 3. The number of carbonyl (C=O) groups is 1. The van der Waals surface area contributed by atoms with Crippen molar-refractivity contribution in [3.05, 3.63) is 41.7 Å². The summed E-state index contributed by atoms with van der Waals surface area (Å²) in [6, 6.07) is 7.94. The minimum atomic E-state index is -0.0761. The van der Waals surface area contributed by atoms with Crippen LogP contribution in [-0.4, -0.2) is 51.6 Å². The summed E-state index contributed by atoms with van der Waals surface area (Å²) >= 11 is 0. The normalized spacial score (nSPS) is 18.2. The number of rotatable bonds is 4. The number of ether oxygens (including phenoxy) is 1. The van der Waals surface area contributed by atoms with Gasteiger partial charge in [-0.3, -0.25) is 4.79 Å². The first-order chi connectivity index (χ1) is 11.2. The Bertz CT molecular complexity index is 663. The van der Waals surface area contributed by atoms with E-state index in [4.69, 9.17) is 4.74 Å². The van der Waals surface area contributed by atoms with Crippen LogP contribution >= 0.6 is 0 Å². The predicted molar refractivity (Wildman–Crippen MR) is 86.6 cm³/mol. The van der Waals surface area contributed by atoms with Gasteiger partial charge >= 0.3 is 0 Å². The lowest BCUT2D eigenvalue weighted by Gasteiger charge is -2.31. The van der Waals surface area contributed by atoms with Gasteiger partial charge in [0.05, 0.1) is 18.0 Å². The van der Waals surface area contributed by atoms with Gasteiger partial charge in [-0.2, -0.15) is 0 Å². The summed E-state index contributed by atoms with van der Waals surface area (Å²) in [5, 5.41) is 8.12. The van der Waals surface area contributed by atoms with Gasteiger partial charge in [-0.05, 0) is 38.8 Å². The minimum absolute atomic E-state index is 0.0761. The van der Waals surface area contributed by atoms with Crippen molar-refractivity contribution in [2.24, 2.45) is 0 Å². The van der Waals surface area contributed by atoms with Crippen LogP contribution in [0.1, 0.15) is 35.8 Å². The van der Waals surface area contributed by atoms with Crippen molar-refractivity contribution in [1.82, 2.24) is 19.9 Å². The second-order valence-electron chi connectivity index (χ2n) is 5.85. The zero-order valence-corrected chi connectivity index (χ0v) is 13.6. The molecule has 1 aliphatic heterocycles. The van der Waals surface area contributed by atoms with Crippen molar-refractivity contribution in [2.75, 3.05) is 19.7 Å². The van der Waals surface area contributed by atoms with E-state index in [1.165, 1.54) is 5.56 Å². The lowest BCUT2D eigenvalue weighted by Crippen LogP contribution is -2.43. The molecule has 1 fully saturated rings. The topological polar surface area (TPSA) is 60.2 Å². The van der Waals surface area contributed by atoms with Crippen LogP contribution in [0.5, 0.6) is 0 Å². The highest BCUT2D eigenvalue weighted by molar-refractivity contribution is 5.92. The van der Waals surface area contributed by atoms with Crippen LogP contribution in [0.4, 0.5) is 0 Å². The molecule has 0 saturated carbocycles. The van der Waals surface area contributed by atoms with Gasteiger partial charge in [0.25, 0.3) is 5.91 Å². The van der Waals surface area contributed by atoms with E-state index in [1.54, 1.807) is 10.9 Å². The third-order valence-corrected chi connectivity index (χ3v) is 4.08. The minimum Gasteiger partial charge on any atom is -0.377 e. The molecule has 122 valence electrons. The quantitative estimate of drug-likeness (QED) is 0.868. The Morgan fingerprint density at radius 3 is 2.87 bits per heavy atom. The Morgan fingerprint density at radius 1 is 1.35 bits per heavy atom. The van der Waals surface area contributed by atoms with E-state index in [0.717, 1.165) is 25.1 Å². The summed E-state index contributed by atoms with van der Waals surface area (Å²) in [7, 11) is 0. The number of benzene rings is 1. The van der Waals surface area contributed by atoms with E-state index in [0.29, 0.717) is 18.8 Å². The Kier molecular flexibility index (Phi) is 4.71. The molecule has 0 N–H and O–H groups in total. The van der Waals surface area contributed by atoms with Crippen molar-refractivity contribution >= 4 is 5.91 Å². The molecule has 0 radical (unpaired) electrons. The number of carbonyl (C=O) groups excluding carboxylic acids is 1. The summed E-state index contributed by atoms with van der Waals surface area (Å²) in [4.78, 5) is 14.4. The molecule has 3 rings (SSSR count). The average Bonchev–Trinajstić information content (AvgIpc) is 3.05. The monoisotopic (exact) mass is 314 g/mol. The van der Waals surface area contributed by atoms with Crippen LogP contribution in [0.25, 0.3) is 5.69 Å².